The van der Waals surface area contributed by atoms with E-state index in [0.29, 0.717) is 12.0 Å². The van der Waals surface area contributed by atoms with Crippen molar-refractivity contribution in [3.63, 3.8) is 0 Å². The summed E-state index contributed by atoms with van der Waals surface area (Å²) in [5.74, 6) is 0.356. The molecule has 2 nitrogen and oxygen atoms in total. The molecular formula is C16H26NO+. The molecule has 100 valence electrons. The molecule has 2 rings (SSSR count). The van der Waals surface area contributed by atoms with E-state index in [0.717, 1.165) is 19.4 Å². The molecule has 1 unspecified atom stereocenters. The molecule has 0 spiro atoms. The van der Waals surface area contributed by atoms with Crippen LogP contribution in [0.2, 0.25) is 0 Å². The molecule has 0 radical (unpaired) electrons. The second kappa shape index (κ2) is 5.02. The maximum Gasteiger partial charge on any atom is 0.0872 e. The molecule has 1 aliphatic rings. The topological polar surface area (TPSA) is 24.7 Å². The number of piperidine rings is 1. The summed E-state index contributed by atoms with van der Waals surface area (Å²) in [6.45, 7) is 7.58. The lowest BCUT2D eigenvalue weighted by atomic mass is 9.75. The van der Waals surface area contributed by atoms with Gasteiger partial charge in [0, 0.05) is 18.8 Å². The number of aliphatic hydroxyl groups is 1. The Kier molecular flexibility index (Phi) is 3.79. The van der Waals surface area contributed by atoms with Crippen LogP contribution in [-0.4, -0.2) is 30.3 Å². The first kappa shape index (κ1) is 13.6. The van der Waals surface area contributed by atoms with Crippen molar-refractivity contribution >= 4 is 0 Å². The average Bonchev–Trinajstić information content (AvgIpc) is 2.30. The van der Waals surface area contributed by atoms with Crippen molar-refractivity contribution < 1.29 is 10.0 Å². The van der Waals surface area contributed by atoms with Gasteiger partial charge in [0.25, 0.3) is 0 Å². The zero-order chi connectivity index (χ0) is 13.3. The standard InChI is InChI=1S/C16H25NO/c1-12-5-7-15(8-6-12)10-16(18)9-14(3)17(4)11-13(16)2/h5-8,13-14,18H,9-11H2,1-4H3/p+1/t13-,14+,16+/m0/s1. The minimum atomic E-state index is -0.534. The molecule has 2 N–H and O–H groups in total. The van der Waals surface area contributed by atoms with Crippen LogP contribution in [0.3, 0.4) is 0 Å². The van der Waals surface area contributed by atoms with E-state index < -0.39 is 5.60 Å². The van der Waals surface area contributed by atoms with Crippen molar-refractivity contribution in [1.82, 2.24) is 0 Å². The quantitative estimate of drug-likeness (QED) is 0.808. The van der Waals surface area contributed by atoms with Gasteiger partial charge < -0.3 is 10.0 Å². The lowest BCUT2D eigenvalue weighted by Crippen LogP contribution is -3.15. The lowest BCUT2D eigenvalue weighted by Gasteiger charge is -2.43. The third-order valence-electron chi connectivity index (χ3n) is 4.68. The molecule has 1 aliphatic heterocycles. The molecule has 1 aromatic carbocycles. The smallest absolute Gasteiger partial charge is 0.0872 e. The van der Waals surface area contributed by atoms with Gasteiger partial charge in [-0.25, -0.2) is 0 Å². The number of rotatable bonds is 2. The van der Waals surface area contributed by atoms with Crippen LogP contribution < -0.4 is 4.90 Å². The molecule has 0 aliphatic carbocycles. The Morgan fingerprint density at radius 1 is 1.28 bits per heavy atom. The lowest BCUT2D eigenvalue weighted by molar-refractivity contribution is -0.916. The number of hydrogen-bond donors (Lipinski definition) is 2. The van der Waals surface area contributed by atoms with Gasteiger partial charge in [-0.3, -0.25) is 0 Å². The van der Waals surface area contributed by atoms with E-state index >= 15 is 0 Å². The Balaban J connectivity index is 2.13. The van der Waals surface area contributed by atoms with Gasteiger partial charge in [-0.05, 0) is 19.4 Å². The highest BCUT2D eigenvalue weighted by Gasteiger charge is 2.43. The summed E-state index contributed by atoms with van der Waals surface area (Å²) in [5, 5.41) is 10.9. The second-order valence-corrected chi connectivity index (χ2v) is 6.32. The minimum absolute atomic E-state index is 0.356. The molecule has 2 heteroatoms. The Morgan fingerprint density at radius 2 is 1.89 bits per heavy atom. The molecule has 1 saturated heterocycles. The zero-order valence-corrected chi connectivity index (χ0v) is 12.0. The Hall–Kier alpha value is -0.860. The van der Waals surface area contributed by atoms with Gasteiger partial charge in [-0.1, -0.05) is 36.8 Å². The van der Waals surface area contributed by atoms with Gasteiger partial charge in [0.15, 0.2) is 0 Å². The molecular weight excluding hydrogens is 222 g/mol. The summed E-state index contributed by atoms with van der Waals surface area (Å²) in [4.78, 5) is 1.54. The predicted octanol–water partition coefficient (Wildman–Crippen LogP) is 1.21. The first-order valence-corrected chi connectivity index (χ1v) is 7.01. The van der Waals surface area contributed by atoms with Crippen molar-refractivity contribution in [2.45, 2.75) is 45.3 Å². The highest BCUT2D eigenvalue weighted by Crippen LogP contribution is 2.29. The van der Waals surface area contributed by atoms with E-state index in [4.69, 9.17) is 0 Å². The average molecular weight is 248 g/mol. The Morgan fingerprint density at radius 3 is 2.50 bits per heavy atom. The van der Waals surface area contributed by atoms with E-state index in [1.165, 1.54) is 16.0 Å². The number of benzene rings is 1. The van der Waals surface area contributed by atoms with Gasteiger partial charge in [0.2, 0.25) is 0 Å². The van der Waals surface area contributed by atoms with Crippen molar-refractivity contribution in [2.24, 2.45) is 5.92 Å². The van der Waals surface area contributed by atoms with Gasteiger partial charge >= 0.3 is 0 Å². The Bertz CT molecular complexity index is 400. The summed E-state index contributed by atoms with van der Waals surface area (Å²) < 4.78 is 0. The van der Waals surface area contributed by atoms with E-state index in [9.17, 15) is 5.11 Å². The van der Waals surface area contributed by atoms with Gasteiger partial charge in [0.1, 0.15) is 0 Å². The van der Waals surface area contributed by atoms with Gasteiger partial charge in [-0.15, -0.1) is 0 Å². The molecule has 1 heterocycles. The van der Waals surface area contributed by atoms with E-state index in [2.05, 4.69) is 52.1 Å². The maximum absolute atomic E-state index is 10.9. The highest BCUT2D eigenvalue weighted by atomic mass is 16.3. The molecule has 1 fully saturated rings. The highest BCUT2D eigenvalue weighted by molar-refractivity contribution is 5.23. The van der Waals surface area contributed by atoms with Crippen molar-refractivity contribution in [2.75, 3.05) is 13.6 Å². The molecule has 0 bridgehead atoms. The minimum Gasteiger partial charge on any atom is -0.389 e. The normalized spacial score (nSPS) is 36.6. The van der Waals surface area contributed by atoms with Crippen LogP contribution in [-0.2, 0) is 6.42 Å². The number of nitrogens with one attached hydrogen (secondary N) is 1. The van der Waals surface area contributed by atoms with Crippen LogP contribution in [0.4, 0.5) is 0 Å². The fraction of sp³-hybridized carbons (Fsp3) is 0.625. The monoisotopic (exact) mass is 248 g/mol. The van der Waals surface area contributed by atoms with Crippen molar-refractivity contribution in [3.05, 3.63) is 35.4 Å². The van der Waals surface area contributed by atoms with Crippen molar-refractivity contribution in [1.29, 1.82) is 0 Å². The summed E-state index contributed by atoms with van der Waals surface area (Å²) >= 11 is 0. The Labute approximate surface area is 111 Å². The van der Waals surface area contributed by atoms with Crippen LogP contribution in [0.1, 0.15) is 31.4 Å². The first-order chi connectivity index (χ1) is 8.40. The van der Waals surface area contributed by atoms with Crippen molar-refractivity contribution in [3.8, 4) is 0 Å². The third kappa shape index (κ3) is 2.76. The zero-order valence-electron chi connectivity index (χ0n) is 12.0. The molecule has 0 aromatic heterocycles. The summed E-state index contributed by atoms with van der Waals surface area (Å²) in [6.07, 6.45) is 1.68. The van der Waals surface area contributed by atoms with Gasteiger partial charge in [-0.2, -0.15) is 0 Å². The number of quaternary nitrogens is 1. The predicted molar refractivity (Wildman–Crippen MR) is 74.8 cm³/mol. The number of aryl methyl sites for hydroxylation is 1. The van der Waals surface area contributed by atoms with E-state index in [1.54, 1.807) is 0 Å². The van der Waals surface area contributed by atoms with E-state index in [-0.39, 0.29) is 0 Å². The van der Waals surface area contributed by atoms with Crippen LogP contribution in [0.25, 0.3) is 0 Å². The first-order valence-electron chi connectivity index (χ1n) is 7.01. The van der Waals surface area contributed by atoms with E-state index in [1.807, 2.05) is 0 Å². The van der Waals surface area contributed by atoms with Gasteiger partial charge in [0.05, 0.1) is 25.2 Å². The third-order valence-corrected chi connectivity index (χ3v) is 4.68. The van der Waals surface area contributed by atoms with Crippen LogP contribution >= 0.6 is 0 Å². The largest absolute Gasteiger partial charge is 0.389 e. The SMILES string of the molecule is Cc1ccc(C[C@]2(O)C[C@@H](C)[NH+](C)C[C@@H]2C)cc1. The molecule has 0 amide bonds. The summed E-state index contributed by atoms with van der Waals surface area (Å²) in [6, 6.07) is 9.10. The summed E-state index contributed by atoms with van der Waals surface area (Å²) in [7, 11) is 2.23. The summed E-state index contributed by atoms with van der Waals surface area (Å²) in [5.41, 5.74) is 2.00. The van der Waals surface area contributed by atoms with Crippen LogP contribution in [0, 0.1) is 12.8 Å². The number of hydrogen-bond acceptors (Lipinski definition) is 1. The molecule has 18 heavy (non-hydrogen) atoms. The van der Waals surface area contributed by atoms with Crippen LogP contribution in [0.15, 0.2) is 24.3 Å². The molecule has 0 saturated carbocycles. The van der Waals surface area contributed by atoms with Crippen LogP contribution in [0.5, 0.6) is 0 Å². The fourth-order valence-electron chi connectivity index (χ4n) is 3.09. The number of likely N-dealkylation sites (tertiary alicyclic amines) is 1. The maximum atomic E-state index is 10.9. The molecule has 4 atom stereocenters. The molecule has 1 aromatic rings. The fourth-order valence-corrected chi connectivity index (χ4v) is 3.09. The second-order valence-electron chi connectivity index (χ2n) is 6.32.